The number of aromatic hydroxyl groups is 1. The van der Waals surface area contributed by atoms with Crippen molar-refractivity contribution in [3.8, 4) is 22.9 Å². The fraction of sp³-hybridized carbons (Fsp3) is 0.0909. The third-order valence-electron chi connectivity index (χ3n) is 4.18. The summed E-state index contributed by atoms with van der Waals surface area (Å²) in [5.74, 6) is 2.13. The number of aromatic nitrogens is 2. The van der Waals surface area contributed by atoms with Crippen LogP contribution in [0.4, 0.5) is 11.5 Å². The van der Waals surface area contributed by atoms with Gasteiger partial charge in [-0.15, -0.1) is 0 Å². The molecule has 3 aromatic carbocycles. The molecule has 0 amide bonds. The molecule has 5 heteroatoms. The Morgan fingerprint density at radius 3 is 2.41 bits per heavy atom. The average Bonchev–Trinajstić information content (AvgIpc) is 2.70. The number of para-hydroxylation sites is 2. The number of nitrogens with zero attached hydrogens (tertiary/aromatic N) is 2. The summed E-state index contributed by atoms with van der Waals surface area (Å²) in [5, 5.41) is 14.4. The minimum Gasteiger partial charge on any atom is -0.507 e. The third-order valence-corrected chi connectivity index (χ3v) is 4.18. The highest BCUT2D eigenvalue weighted by molar-refractivity contribution is 5.92. The predicted octanol–water partition coefficient (Wildman–Crippen LogP) is 5.14. The number of phenolic OH excluding ortho intramolecular Hbond substituents is 1. The van der Waals surface area contributed by atoms with Gasteiger partial charge in [-0.25, -0.2) is 9.97 Å². The van der Waals surface area contributed by atoms with E-state index in [1.807, 2.05) is 61.5 Å². The zero-order chi connectivity index (χ0) is 18.6. The van der Waals surface area contributed by atoms with Crippen LogP contribution in [-0.4, -0.2) is 21.7 Å². The van der Waals surface area contributed by atoms with Gasteiger partial charge in [-0.2, -0.15) is 0 Å². The second kappa shape index (κ2) is 7.33. The van der Waals surface area contributed by atoms with Crippen molar-refractivity contribution < 1.29 is 9.84 Å². The number of phenols is 1. The maximum absolute atomic E-state index is 10.2. The quantitative estimate of drug-likeness (QED) is 0.517. The van der Waals surface area contributed by atoms with Gasteiger partial charge in [0.2, 0.25) is 0 Å². The zero-order valence-corrected chi connectivity index (χ0v) is 14.9. The van der Waals surface area contributed by atoms with Crippen molar-refractivity contribution in [2.75, 3.05) is 11.9 Å². The minimum absolute atomic E-state index is 0.153. The van der Waals surface area contributed by atoms with E-state index in [4.69, 9.17) is 4.74 Å². The first kappa shape index (κ1) is 16.8. The van der Waals surface area contributed by atoms with E-state index in [-0.39, 0.29) is 5.75 Å². The van der Waals surface area contributed by atoms with Crippen LogP contribution < -0.4 is 10.1 Å². The molecule has 0 aliphatic carbocycles. The predicted molar refractivity (Wildman–Crippen MR) is 108 cm³/mol. The molecule has 0 fully saturated rings. The van der Waals surface area contributed by atoms with Crippen molar-refractivity contribution in [1.82, 2.24) is 9.97 Å². The van der Waals surface area contributed by atoms with Gasteiger partial charge in [-0.1, -0.05) is 24.3 Å². The van der Waals surface area contributed by atoms with Gasteiger partial charge in [0.05, 0.1) is 17.7 Å². The van der Waals surface area contributed by atoms with E-state index in [9.17, 15) is 5.11 Å². The minimum atomic E-state index is 0.153. The van der Waals surface area contributed by atoms with E-state index < -0.39 is 0 Å². The van der Waals surface area contributed by atoms with E-state index in [1.165, 1.54) is 0 Å². The van der Waals surface area contributed by atoms with Crippen LogP contribution in [0, 0.1) is 0 Å². The first-order valence-corrected chi connectivity index (χ1v) is 8.79. The summed E-state index contributed by atoms with van der Waals surface area (Å²) in [6, 6.07) is 22.6. The molecule has 134 valence electrons. The Kier molecular flexibility index (Phi) is 4.58. The molecular formula is C22H19N3O2. The summed E-state index contributed by atoms with van der Waals surface area (Å²) in [6.07, 6.45) is 0. The molecule has 2 N–H and O–H groups in total. The van der Waals surface area contributed by atoms with Crippen LogP contribution in [0.3, 0.4) is 0 Å². The summed E-state index contributed by atoms with van der Waals surface area (Å²) < 4.78 is 5.49. The van der Waals surface area contributed by atoms with E-state index in [2.05, 4.69) is 15.3 Å². The Hall–Kier alpha value is -3.60. The molecule has 0 aliphatic rings. The van der Waals surface area contributed by atoms with Crippen LogP contribution in [0.1, 0.15) is 6.92 Å². The topological polar surface area (TPSA) is 67.3 Å². The Balaban J connectivity index is 1.78. The van der Waals surface area contributed by atoms with Crippen LogP contribution in [0.25, 0.3) is 22.3 Å². The highest BCUT2D eigenvalue weighted by Gasteiger charge is 2.12. The average molecular weight is 357 g/mol. The van der Waals surface area contributed by atoms with E-state index in [1.54, 1.807) is 18.2 Å². The number of benzene rings is 3. The zero-order valence-electron chi connectivity index (χ0n) is 14.9. The molecule has 0 atom stereocenters. The summed E-state index contributed by atoms with van der Waals surface area (Å²) in [4.78, 5) is 9.29. The van der Waals surface area contributed by atoms with Crippen LogP contribution in [0.15, 0.2) is 72.8 Å². The molecule has 0 spiro atoms. The molecule has 0 unspecified atom stereocenters. The molecule has 27 heavy (non-hydrogen) atoms. The maximum Gasteiger partial charge on any atom is 0.165 e. The number of anilines is 2. The second-order valence-corrected chi connectivity index (χ2v) is 6.01. The normalized spacial score (nSPS) is 10.7. The molecule has 1 aromatic heterocycles. The van der Waals surface area contributed by atoms with Crippen molar-refractivity contribution in [2.24, 2.45) is 0 Å². The van der Waals surface area contributed by atoms with Crippen molar-refractivity contribution in [2.45, 2.75) is 6.92 Å². The Morgan fingerprint density at radius 2 is 1.63 bits per heavy atom. The number of hydrogen-bond acceptors (Lipinski definition) is 5. The Labute approximate surface area is 157 Å². The summed E-state index contributed by atoms with van der Waals surface area (Å²) in [5.41, 5.74) is 2.29. The molecule has 4 aromatic rings. The lowest BCUT2D eigenvalue weighted by Crippen LogP contribution is -1.99. The third kappa shape index (κ3) is 3.53. The molecule has 0 aliphatic heterocycles. The molecule has 5 nitrogen and oxygen atoms in total. The van der Waals surface area contributed by atoms with Gasteiger partial charge in [0, 0.05) is 11.1 Å². The molecule has 0 radical (unpaired) electrons. The Bertz CT molecular complexity index is 1080. The molecular weight excluding hydrogens is 338 g/mol. The van der Waals surface area contributed by atoms with Crippen molar-refractivity contribution in [3.63, 3.8) is 0 Å². The van der Waals surface area contributed by atoms with E-state index >= 15 is 0 Å². The number of fused-ring (bicyclic) bond motifs is 1. The van der Waals surface area contributed by atoms with Gasteiger partial charge in [0.1, 0.15) is 17.3 Å². The number of ether oxygens (including phenoxy) is 1. The second-order valence-electron chi connectivity index (χ2n) is 6.01. The monoisotopic (exact) mass is 357 g/mol. The van der Waals surface area contributed by atoms with E-state index in [0.717, 1.165) is 22.3 Å². The fourth-order valence-corrected chi connectivity index (χ4v) is 2.89. The lowest BCUT2D eigenvalue weighted by atomic mass is 10.1. The van der Waals surface area contributed by atoms with E-state index in [0.29, 0.717) is 23.8 Å². The molecule has 1 heterocycles. The van der Waals surface area contributed by atoms with Crippen molar-refractivity contribution in [1.29, 1.82) is 0 Å². The highest BCUT2D eigenvalue weighted by atomic mass is 16.5. The number of hydrogen-bond donors (Lipinski definition) is 2. The van der Waals surface area contributed by atoms with Gasteiger partial charge < -0.3 is 15.2 Å². The summed E-state index contributed by atoms with van der Waals surface area (Å²) in [6.45, 7) is 2.59. The fourth-order valence-electron chi connectivity index (χ4n) is 2.89. The van der Waals surface area contributed by atoms with Crippen LogP contribution in [0.2, 0.25) is 0 Å². The SMILES string of the molecule is CCOc1ccc(Nc2nc(-c3ccccc3O)nc3ccccc23)cc1. The van der Waals surface area contributed by atoms with Crippen LogP contribution >= 0.6 is 0 Å². The van der Waals surface area contributed by atoms with Gasteiger partial charge in [0.25, 0.3) is 0 Å². The molecule has 0 saturated heterocycles. The highest BCUT2D eigenvalue weighted by Crippen LogP contribution is 2.31. The Morgan fingerprint density at radius 1 is 0.889 bits per heavy atom. The number of nitrogens with one attached hydrogen (secondary N) is 1. The largest absolute Gasteiger partial charge is 0.507 e. The van der Waals surface area contributed by atoms with Crippen molar-refractivity contribution >= 4 is 22.4 Å². The maximum atomic E-state index is 10.2. The lowest BCUT2D eigenvalue weighted by Gasteiger charge is -2.12. The first-order chi connectivity index (χ1) is 13.2. The smallest absolute Gasteiger partial charge is 0.165 e. The summed E-state index contributed by atoms with van der Waals surface area (Å²) >= 11 is 0. The van der Waals surface area contributed by atoms with Gasteiger partial charge in [0.15, 0.2) is 5.82 Å². The van der Waals surface area contributed by atoms with Gasteiger partial charge in [-0.3, -0.25) is 0 Å². The first-order valence-electron chi connectivity index (χ1n) is 8.79. The van der Waals surface area contributed by atoms with Crippen LogP contribution in [0.5, 0.6) is 11.5 Å². The standard InChI is InChI=1S/C22H19N3O2/c1-2-27-16-13-11-15(12-14-16)23-21-17-7-3-5-9-19(17)24-22(25-21)18-8-4-6-10-20(18)26/h3-14,26H,2H2,1H3,(H,23,24,25). The van der Waals surface area contributed by atoms with Crippen molar-refractivity contribution in [3.05, 3.63) is 72.8 Å². The van der Waals surface area contributed by atoms with Gasteiger partial charge >= 0.3 is 0 Å². The number of rotatable bonds is 5. The molecule has 0 saturated carbocycles. The summed E-state index contributed by atoms with van der Waals surface area (Å²) in [7, 11) is 0. The van der Waals surface area contributed by atoms with Crippen LogP contribution in [-0.2, 0) is 0 Å². The lowest BCUT2D eigenvalue weighted by molar-refractivity contribution is 0.340. The molecule has 0 bridgehead atoms. The van der Waals surface area contributed by atoms with Gasteiger partial charge in [-0.05, 0) is 55.5 Å². The molecule has 4 rings (SSSR count).